The highest BCUT2D eigenvalue weighted by Gasteiger charge is 2.16. The Morgan fingerprint density at radius 2 is 1.21 bits per heavy atom. The summed E-state index contributed by atoms with van der Waals surface area (Å²) in [6.45, 7) is 0. The third kappa shape index (κ3) is 4.96. The summed E-state index contributed by atoms with van der Waals surface area (Å²) in [6.07, 6.45) is 1.71. The average Bonchev–Trinajstić information content (AvgIpc) is 2.91. The van der Waals surface area contributed by atoms with Crippen molar-refractivity contribution in [3.8, 4) is 11.1 Å². The first-order valence-corrected chi connectivity index (χ1v) is 12.5. The van der Waals surface area contributed by atoms with Gasteiger partial charge in [0, 0.05) is 11.8 Å². The molecule has 0 aliphatic heterocycles. The number of pyridine rings is 1. The summed E-state index contributed by atoms with van der Waals surface area (Å²) in [4.78, 5) is 8.69. The van der Waals surface area contributed by atoms with Crippen molar-refractivity contribution < 1.29 is 0 Å². The molecule has 2 N–H and O–H groups in total. The van der Waals surface area contributed by atoms with Crippen molar-refractivity contribution in [1.29, 1.82) is 0 Å². The maximum Gasteiger partial charge on any atom is 0.154 e. The maximum atomic E-state index is 6.28. The Morgan fingerprint density at radius 1 is 0.588 bits per heavy atom. The Labute approximate surface area is 201 Å². The molecule has 0 unspecified atom stereocenters. The smallest absolute Gasteiger partial charge is 0.154 e. The lowest BCUT2D eigenvalue weighted by Crippen LogP contribution is -2.20. The zero-order chi connectivity index (χ0) is 23.2. The number of nitrogens with two attached hydrogens (primary N) is 1. The van der Waals surface area contributed by atoms with E-state index >= 15 is 0 Å². The third-order valence-corrected chi connectivity index (χ3v) is 7.97. The van der Waals surface area contributed by atoms with Gasteiger partial charge in [-0.05, 0) is 53.2 Å². The minimum atomic E-state index is -0.618. The minimum absolute atomic E-state index is 0.453. The van der Waals surface area contributed by atoms with Gasteiger partial charge in [0.1, 0.15) is 5.84 Å². The van der Waals surface area contributed by atoms with Gasteiger partial charge in [0.25, 0.3) is 0 Å². The van der Waals surface area contributed by atoms with Crippen LogP contribution in [-0.2, 0) is 0 Å². The Bertz CT molecular complexity index is 1340. The Balaban J connectivity index is 1.46. The number of aliphatic imine (C=N–C) groups is 1. The predicted octanol–water partition coefficient (Wildman–Crippen LogP) is 5.54. The van der Waals surface area contributed by atoms with Crippen LogP contribution in [0.25, 0.3) is 11.1 Å². The van der Waals surface area contributed by atoms with Crippen LogP contribution in [0.2, 0.25) is 0 Å². The number of aromatic nitrogens is 1. The summed E-state index contributed by atoms with van der Waals surface area (Å²) in [5, 5.41) is 4.01. The SMILES string of the molecule is NC(=Nc1ccccn1)c1cccc(-c2ccc(P(c3ccccc3)c3ccccc3)cc2)c1. The first-order chi connectivity index (χ1) is 16.8. The van der Waals surface area contributed by atoms with Gasteiger partial charge < -0.3 is 5.73 Å². The molecule has 0 aliphatic rings. The fourth-order valence-electron chi connectivity index (χ4n) is 3.87. The van der Waals surface area contributed by atoms with Crippen molar-refractivity contribution in [3.05, 3.63) is 139 Å². The van der Waals surface area contributed by atoms with Crippen molar-refractivity contribution in [3.63, 3.8) is 0 Å². The van der Waals surface area contributed by atoms with Gasteiger partial charge in [0.05, 0.1) is 0 Å². The van der Waals surface area contributed by atoms with E-state index in [0.717, 1.165) is 16.7 Å². The Morgan fingerprint density at radius 3 is 1.82 bits per heavy atom. The Kier molecular flexibility index (Phi) is 6.56. The normalized spacial score (nSPS) is 11.5. The van der Waals surface area contributed by atoms with Crippen LogP contribution in [-0.4, -0.2) is 10.8 Å². The molecule has 5 aromatic rings. The molecule has 0 amide bonds. The van der Waals surface area contributed by atoms with Crippen LogP contribution < -0.4 is 21.6 Å². The highest BCUT2D eigenvalue weighted by atomic mass is 31.1. The van der Waals surface area contributed by atoms with Gasteiger partial charge in [-0.1, -0.05) is 109 Å². The lowest BCUT2D eigenvalue weighted by atomic mass is 10.0. The quantitative estimate of drug-likeness (QED) is 0.207. The van der Waals surface area contributed by atoms with Crippen molar-refractivity contribution in [2.24, 2.45) is 10.7 Å². The van der Waals surface area contributed by atoms with Crippen molar-refractivity contribution in [1.82, 2.24) is 4.98 Å². The second kappa shape index (κ2) is 10.2. The molecule has 0 bridgehead atoms. The number of rotatable bonds is 6. The fraction of sp³-hybridized carbons (Fsp3) is 0. The van der Waals surface area contributed by atoms with E-state index in [0.29, 0.717) is 11.7 Å². The molecule has 0 radical (unpaired) electrons. The molecule has 164 valence electrons. The van der Waals surface area contributed by atoms with Gasteiger partial charge in [0.2, 0.25) is 0 Å². The van der Waals surface area contributed by atoms with Crippen molar-refractivity contribution >= 4 is 35.5 Å². The molecular formula is C30H24N3P. The van der Waals surface area contributed by atoms with Crippen molar-refractivity contribution in [2.75, 3.05) is 0 Å². The van der Waals surface area contributed by atoms with E-state index in [1.807, 2.05) is 30.3 Å². The number of nitrogens with zero attached hydrogens (tertiary/aromatic N) is 2. The van der Waals surface area contributed by atoms with Crippen LogP contribution in [0.15, 0.2) is 139 Å². The number of hydrogen-bond acceptors (Lipinski definition) is 2. The summed E-state index contributed by atoms with van der Waals surface area (Å²) in [7, 11) is -0.618. The highest BCUT2D eigenvalue weighted by Crippen LogP contribution is 2.33. The first-order valence-electron chi connectivity index (χ1n) is 11.1. The molecule has 1 heterocycles. The fourth-order valence-corrected chi connectivity index (χ4v) is 6.15. The van der Waals surface area contributed by atoms with E-state index in [1.165, 1.54) is 15.9 Å². The molecule has 0 atom stereocenters. The molecule has 0 saturated carbocycles. The van der Waals surface area contributed by atoms with E-state index in [4.69, 9.17) is 5.73 Å². The standard InChI is InChI=1S/C30H24N3P/c31-30(33-29-16-7-8-21-32-29)25-11-9-10-24(22-25)23-17-19-28(20-18-23)34(26-12-3-1-4-13-26)27-14-5-2-6-15-27/h1-22H,(H2,31,32,33). The van der Waals surface area contributed by atoms with E-state index in [9.17, 15) is 0 Å². The van der Waals surface area contributed by atoms with Gasteiger partial charge in [-0.2, -0.15) is 0 Å². The Hall–Kier alpha value is -4.07. The summed E-state index contributed by atoms with van der Waals surface area (Å²) in [5.41, 5.74) is 9.41. The monoisotopic (exact) mass is 457 g/mol. The summed E-state index contributed by atoms with van der Waals surface area (Å²) >= 11 is 0. The van der Waals surface area contributed by atoms with Gasteiger partial charge in [0.15, 0.2) is 5.82 Å². The number of hydrogen-bond donors (Lipinski definition) is 1. The summed E-state index contributed by atoms with van der Waals surface area (Å²) < 4.78 is 0. The third-order valence-electron chi connectivity index (χ3n) is 5.53. The van der Waals surface area contributed by atoms with Crippen molar-refractivity contribution in [2.45, 2.75) is 0 Å². The minimum Gasteiger partial charge on any atom is -0.383 e. The molecule has 0 spiro atoms. The van der Waals surface area contributed by atoms with Crippen LogP contribution >= 0.6 is 7.92 Å². The zero-order valence-electron chi connectivity index (χ0n) is 18.6. The molecule has 34 heavy (non-hydrogen) atoms. The van der Waals surface area contributed by atoms with Crippen LogP contribution in [0.3, 0.4) is 0 Å². The topological polar surface area (TPSA) is 51.3 Å². The second-order valence-corrected chi connectivity index (χ2v) is 10.0. The summed E-state index contributed by atoms with van der Waals surface area (Å²) in [5.74, 6) is 1.05. The van der Waals surface area contributed by atoms with Crippen LogP contribution in [0.1, 0.15) is 5.56 Å². The number of amidine groups is 1. The van der Waals surface area contributed by atoms with Crippen LogP contribution in [0.4, 0.5) is 5.82 Å². The second-order valence-electron chi connectivity index (χ2n) is 7.82. The molecule has 0 fully saturated rings. The largest absolute Gasteiger partial charge is 0.383 e. The molecule has 0 saturated heterocycles. The maximum absolute atomic E-state index is 6.28. The van der Waals surface area contributed by atoms with E-state index < -0.39 is 7.92 Å². The van der Waals surface area contributed by atoms with E-state index in [1.54, 1.807) is 6.20 Å². The van der Waals surface area contributed by atoms with Gasteiger partial charge in [-0.25, -0.2) is 9.98 Å². The predicted molar refractivity (Wildman–Crippen MR) is 145 cm³/mol. The molecule has 5 rings (SSSR count). The van der Waals surface area contributed by atoms with E-state index in [2.05, 4.69) is 107 Å². The molecule has 0 aliphatic carbocycles. The summed E-state index contributed by atoms with van der Waals surface area (Å²) in [6, 6.07) is 44.2. The molecule has 1 aromatic heterocycles. The van der Waals surface area contributed by atoms with Gasteiger partial charge >= 0.3 is 0 Å². The molecule has 4 aromatic carbocycles. The van der Waals surface area contributed by atoms with Gasteiger partial charge in [-0.3, -0.25) is 0 Å². The zero-order valence-corrected chi connectivity index (χ0v) is 19.5. The van der Waals surface area contributed by atoms with Crippen LogP contribution in [0, 0.1) is 0 Å². The first kappa shape index (κ1) is 21.8. The van der Waals surface area contributed by atoms with E-state index in [-0.39, 0.29) is 0 Å². The number of benzene rings is 4. The molecular weight excluding hydrogens is 433 g/mol. The molecule has 3 nitrogen and oxygen atoms in total. The highest BCUT2D eigenvalue weighted by molar-refractivity contribution is 7.79. The lowest BCUT2D eigenvalue weighted by molar-refractivity contribution is 1.26. The average molecular weight is 458 g/mol. The van der Waals surface area contributed by atoms with Gasteiger partial charge in [-0.15, -0.1) is 0 Å². The van der Waals surface area contributed by atoms with Crippen LogP contribution in [0.5, 0.6) is 0 Å². The lowest BCUT2D eigenvalue weighted by Gasteiger charge is -2.19. The molecule has 4 heteroatoms.